The van der Waals surface area contributed by atoms with Gasteiger partial charge in [-0.3, -0.25) is 0 Å². The van der Waals surface area contributed by atoms with Gasteiger partial charge in [-0.15, -0.1) is 0 Å². The lowest BCUT2D eigenvalue weighted by molar-refractivity contribution is 0.392. The first-order valence-electron chi connectivity index (χ1n) is 5.56. The summed E-state index contributed by atoms with van der Waals surface area (Å²) < 4.78 is 5.16. The molecule has 0 heterocycles. The van der Waals surface area contributed by atoms with Crippen LogP contribution in [0.15, 0.2) is 18.2 Å². The minimum atomic E-state index is 0.268. The Kier molecular flexibility index (Phi) is 4.80. The first-order valence-corrected chi connectivity index (χ1v) is 5.56. The normalized spacial score (nSPS) is 12.0. The zero-order valence-electron chi connectivity index (χ0n) is 10.8. The van der Waals surface area contributed by atoms with E-state index < -0.39 is 0 Å². The molecule has 4 heteroatoms. The first kappa shape index (κ1) is 13.3. The summed E-state index contributed by atoms with van der Waals surface area (Å²) in [6.07, 6.45) is 0. The van der Waals surface area contributed by atoms with E-state index in [4.69, 9.17) is 10.00 Å². The van der Waals surface area contributed by atoms with Crippen LogP contribution in [0.5, 0.6) is 5.75 Å². The van der Waals surface area contributed by atoms with Crippen molar-refractivity contribution in [1.29, 1.82) is 5.26 Å². The highest BCUT2D eigenvalue weighted by molar-refractivity contribution is 5.60. The summed E-state index contributed by atoms with van der Waals surface area (Å²) in [5, 5.41) is 12.4. The molecule has 0 saturated heterocycles. The van der Waals surface area contributed by atoms with Gasteiger partial charge >= 0.3 is 0 Å². The van der Waals surface area contributed by atoms with Crippen LogP contribution in [-0.2, 0) is 0 Å². The number of nitrogens with zero attached hydrogens (tertiary/aromatic N) is 2. The van der Waals surface area contributed by atoms with E-state index in [2.05, 4.69) is 23.2 Å². The van der Waals surface area contributed by atoms with Gasteiger partial charge in [-0.25, -0.2) is 0 Å². The van der Waals surface area contributed by atoms with Crippen molar-refractivity contribution in [2.45, 2.75) is 13.0 Å². The molecule has 0 spiro atoms. The van der Waals surface area contributed by atoms with Crippen molar-refractivity contribution in [3.63, 3.8) is 0 Å². The zero-order chi connectivity index (χ0) is 12.8. The number of ether oxygens (including phenoxy) is 1. The monoisotopic (exact) mass is 233 g/mol. The first-order chi connectivity index (χ1) is 8.06. The van der Waals surface area contributed by atoms with Gasteiger partial charge in [0.15, 0.2) is 0 Å². The number of nitrogens with one attached hydrogen (secondary N) is 1. The van der Waals surface area contributed by atoms with Gasteiger partial charge in [-0.1, -0.05) is 0 Å². The van der Waals surface area contributed by atoms with E-state index in [1.54, 1.807) is 19.2 Å². The Bertz CT molecular complexity index is 410. The van der Waals surface area contributed by atoms with Crippen LogP contribution >= 0.6 is 0 Å². The lowest BCUT2D eigenvalue weighted by atomic mass is 10.1. The summed E-state index contributed by atoms with van der Waals surface area (Å²) in [6, 6.07) is 7.85. The molecule has 0 aromatic heterocycles. The fourth-order valence-electron chi connectivity index (χ4n) is 1.73. The lowest BCUT2D eigenvalue weighted by Crippen LogP contribution is -2.29. The average Bonchev–Trinajstić information content (AvgIpc) is 2.27. The summed E-state index contributed by atoms with van der Waals surface area (Å²) in [4.78, 5) is 2.10. The minimum absolute atomic E-state index is 0.268. The highest BCUT2D eigenvalue weighted by Gasteiger charge is 2.08. The molecule has 1 unspecified atom stereocenters. The van der Waals surface area contributed by atoms with E-state index in [0.717, 1.165) is 18.0 Å². The number of hydrogen-bond donors (Lipinski definition) is 1. The van der Waals surface area contributed by atoms with Crippen molar-refractivity contribution in [2.75, 3.05) is 33.1 Å². The van der Waals surface area contributed by atoms with Gasteiger partial charge < -0.3 is 15.0 Å². The molecule has 0 amide bonds. The molecule has 0 bridgehead atoms. The van der Waals surface area contributed by atoms with Crippen LogP contribution in [0.2, 0.25) is 0 Å². The van der Waals surface area contributed by atoms with E-state index in [0.29, 0.717) is 5.56 Å². The van der Waals surface area contributed by atoms with Crippen LogP contribution < -0.4 is 10.1 Å². The van der Waals surface area contributed by atoms with Crippen molar-refractivity contribution >= 4 is 5.69 Å². The molecule has 1 aromatic rings. The molecule has 0 aliphatic heterocycles. The highest BCUT2D eigenvalue weighted by atomic mass is 16.5. The molecule has 4 nitrogen and oxygen atoms in total. The highest BCUT2D eigenvalue weighted by Crippen LogP contribution is 2.22. The SMILES string of the molecule is COc1ccc(C#N)c(NC(C)CN(C)C)c1. The molecule has 1 atom stereocenters. The van der Waals surface area contributed by atoms with Crippen LogP contribution in [0.1, 0.15) is 12.5 Å². The fraction of sp³-hybridized carbons (Fsp3) is 0.462. The summed E-state index contributed by atoms with van der Waals surface area (Å²) in [7, 11) is 5.67. The maximum atomic E-state index is 9.04. The van der Waals surface area contributed by atoms with E-state index in [9.17, 15) is 0 Å². The average molecular weight is 233 g/mol. The van der Waals surface area contributed by atoms with Crippen molar-refractivity contribution in [2.24, 2.45) is 0 Å². The largest absolute Gasteiger partial charge is 0.497 e. The molecule has 0 radical (unpaired) electrons. The molecular weight excluding hydrogens is 214 g/mol. The van der Waals surface area contributed by atoms with Gasteiger partial charge in [0, 0.05) is 18.7 Å². The predicted octanol–water partition coefficient (Wildman–Crippen LogP) is 1.93. The minimum Gasteiger partial charge on any atom is -0.497 e. The molecular formula is C13H19N3O. The van der Waals surface area contributed by atoms with Crippen LogP contribution in [0.4, 0.5) is 5.69 Å². The molecule has 0 fully saturated rings. The molecule has 1 aromatic carbocycles. The van der Waals surface area contributed by atoms with Gasteiger partial charge in [0.2, 0.25) is 0 Å². The maximum absolute atomic E-state index is 9.04. The Morgan fingerprint density at radius 2 is 2.18 bits per heavy atom. The summed E-state index contributed by atoms with van der Waals surface area (Å²) >= 11 is 0. The molecule has 92 valence electrons. The fourth-order valence-corrected chi connectivity index (χ4v) is 1.73. The topological polar surface area (TPSA) is 48.3 Å². The van der Waals surface area contributed by atoms with Crippen LogP contribution in [0, 0.1) is 11.3 Å². The number of nitriles is 1. The second-order valence-electron chi connectivity index (χ2n) is 4.33. The number of likely N-dealkylation sites (N-methyl/N-ethyl adjacent to an activating group) is 1. The number of methoxy groups -OCH3 is 1. The second-order valence-corrected chi connectivity index (χ2v) is 4.33. The van der Waals surface area contributed by atoms with Gasteiger partial charge in [0.05, 0.1) is 18.4 Å². The molecule has 17 heavy (non-hydrogen) atoms. The Labute approximate surface area is 103 Å². The third-order valence-corrected chi connectivity index (χ3v) is 2.39. The second kappa shape index (κ2) is 6.12. The summed E-state index contributed by atoms with van der Waals surface area (Å²) in [5.41, 5.74) is 1.46. The van der Waals surface area contributed by atoms with E-state index >= 15 is 0 Å². The molecule has 1 rings (SSSR count). The van der Waals surface area contributed by atoms with E-state index in [1.807, 2.05) is 20.2 Å². The van der Waals surface area contributed by atoms with Gasteiger partial charge in [0.1, 0.15) is 11.8 Å². The molecule has 0 saturated carbocycles. The maximum Gasteiger partial charge on any atom is 0.121 e. The standard InChI is InChI=1S/C13H19N3O/c1-10(9-16(2)3)15-13-7-12(17-4)6-5-11(13)8-14/h5-7,10,15H,9H2,1-4H3. The Balaban J connectivity index is 2.84. The van der Waals surface area contributed by atoms with Crippen molar-refractivity contribution < 1.29 is 4.74 Å². The summed E-state index contributed by atoms with van der Waals surface area (Å²) in [5.74, 6) is 0.753. The lowest BCUT2D eigenvalue weighted by Gasteiger charge is -2.20. The quantitative estimate of drug-likeness (QED) is 0.844. The number of hydrogen-bond acceptors (Lipinski definition) is 4. The molecule has 0 aliphatic carbocycles. The summed E-state index contributed by atoms with van der Waals surface area (Å²) in [6.45, 7) is 2.99. The smallest absolute Gasteiger partial charge is 0.121 e. The molecule has 0 aliphatic rings. The number of rotatable bonds is 5. The Morgan fingerprint density at radius 3 is 2.71 bits per heavy atom. The van der Waals surface area contributed by atoms with Crippen molar-refractivity contribution in [3.8, 4) is 11.8 Å². The van der Waals surface area contributed by atoms with Crippen LogP contribution in [-0.4, -0.2) is 38.7 Å². The third-order valence-electron chi connectivity index (χ3n) is 2.39. The van der Waals surface area contributed by atoms with Crippen LogP contribution in [0.25, 0.3) is 0 Å². The van der Waals surface area contributed by atoms with Crippen LogP contribution in [0.3, 0.4) is 0 Å². The zero-order valence-corrected chi connectivity index (χ0v) is 10.8. The molecule has 1 N–H and O–H groups in total. The van der Waals surface area contributed by atoms with Gasteiger partial charge in [-0.2, -0.15) is 5.26 Å². The number of benzene rings is 1. The Morgan fingerprint density at radius 1 is 1.47 bits per heavy atom. The third kappa shape index (κ3) is 3.97. The van der Waals surface area contributed by atoms with E-state index in [-0.39, 0.29) is 6.04 Å². The number of anilines is 1. The predicted molar refractivity (Wildman–Crippen MR) is 69.3 cm³/mol. The van der Waals surface area contributed by atoms with Gasteiger partial charge in [0.25, 0.3) is 0 Å². The van der Waals surface area contributed by atoms with Crippen molar-refractivity contribution in [3.05, 3.63) is 23.8 Å². The van der Waals surface area contributed by atoms with Gasteiger partial charge in [-0.05, 0) is 33.2 Å². The Hall–Kier alpha value is -1.73. The van der Waals surface area contributed by atoms with E-state index in [1.165, 1.54) is 0 Å². The van der Waals surface area contributed by atoms with Crippen molar-refractivity contribution in [1.82, 2.24) is 4.90 Å².